The Morgan fingerprint density at radius 1 is 1.50 bits per heavy atom. The Kier molecular flexibility index (Phi) is 2.61. The van der Waals surface area contributed by atoms with Crippen LogP contribution in [0.25, 0.3) is 0 Å². The Morgan fingerprint density at radius 2 is 2.29 bits per heavy atom. The summed E-state index contributed by atoms with van der Waals surface area (Å²) in [7, 11) is 0. The Labute approximate surface area is 86.7 Å². The Balaban J connectivity index is 2.37. The molecule has 1 saturated heterocycles. The van der Waals surface area contributed by atoms with Crippen molar-refractivity contribution in [1.82, 2.24) is 5.32 Å². The molecule has 1 fully saturated rings. The monoisotopic (exact) mass is 215 g/mol. The van der Waals surface area contributed by atoms with Crippen molar-refractivity contribution in [3.05, 3.63) is 28.5 Å². The minimum atomic E-state index is -0.374. The van der Waals surface area contributed by atoms with Gasteiger partial charge in [0.1, 0.15) is 11.6 Å². The molecule has 1 aliphatic heterocycles. The van der Waals surface area contributed by atoms with Crippen molar-refractivity contribution < 1.29 is 9.50 Å². The summed E-state index contributed by atoms with van der Waals surface area (Å²) in [4.78, 5) is 0. The first-order valence-electron chi connectivity index (χ1n) is 4.57. The molecule has 1 aromatic carbocycles. The van der Waals surface area contributed by atoms with Gasteiger partial charge in [-0.25, -0.2) is 4.39 Å². The standard InChI is InChI=1S/C10H11ClFNO/c11-8-3-7(6-1-2-13-5-6)9(12)4-10(8)14/h3-4,6,13-14H,1-2,5H2. The highest BCUT2D eigenvalue weighted by Gasteiger charge is 2.21. The number of halogens is 2. The third-order valence-electron chi connectivity index (χ3n) is 2.57. The summed E-state index contributed by atoms with van der Waals surface area (Å²) in [5, 5.41) is 12.6. The van der Waals surface area contributed by atoms with Crippen molar-refractivity contribution in [1.29, 1.82) is 0 Å². The van der Waals surface area contributed by atoms with E-state index in [9.17, 15) is 9.50 Å². The van der Waals surface area contributed by atoms with Gasteiger partial charge in [0.15, 0.2) is 0 Å². The van der Waals surface area contributed by atoms with Gasteiger partial charge >= 0.3 is 0 Å². The van der Waals surface area contributed by atoms with Gasteiger partial charge in [0.2, 0.25) is 0 Å². The molecule has 0 bridgehead atoms. The first-order valence-corrected chi connectivity index (χ1v) is 4.95. The number of benzene rings is 1. The van der Waals surface area contributed by atoms with E-state index in [-0.39, 0.29) is 22.5 Å². The van der Waals surface area contributed by atoms with Crippen molar-refractivity contribution >= 4 is 11.6 Å². The summed E-state index contributed by atoms with van der Waals surface area (Å²) < 4.78 is 13.4. The summed E-state index contributed by atoms with van der Waals surface area (Å²) in [6.45, 7) is 1.68. The van der Waals surface area contributed by atoms with E-state index in [0.29, 0.717) is 5.56 Å². The molecule has 0 spiro atoms. The van der Waals surface area contributed by atoms with Gasteiger partial charge in [-0.15, -0.1) is 0 Å². The third kappa shape index (κ3) is 1.70. The van der Waals surface area contributed by atoms with Crippen molar-refractivity contribution in [3.63, 3.8) is 0 Å². The fourth-order valence-electron chi connectivity index (χ4n) is 1.78. The van der Waals surface area contributed by atoms with Gasteiger partial charge < -0.3 is 10.4 Å². The zero-order valence-corrected chi connectivity index (χ0v) is 8.31. The largest absolute Gasteiger partial charge is 0.506 e. The first kappa shape index (κ1) is 9.74. The molecule has 1 aliphatic rings. The van der Waals surface area contributed by atoms with E-state index in [4.69, 9.17) is 11.6 Å². The number of nitrogens with one attached hydrogen (secondary N) is 1. The number of hydrogen-bond donors (Lipinski definition) is 2. The minimum Gasteiger partial charge on any atom is -0.506 e. The van der Waals surface area contributed by atoms with Crippen LogP contribution in [-0.2, 0) is 0 Å². The van der Waals surface area contributed by atoms with Crippen LogP contribution in [0.4, 0.5) is 4.39 Å². The van der Waals surface area contributed by atoms with Crippen LogP contribution in [0.5, 0.6) is 5.75 Å². The van der Waals surface area contributed by atoms with Crippen molar-refractivity contribution in [2.45, 2.75) is 12.3 Å². The molecule has 1 heterocycles. The summed E-state index contributed by atoms with van der Waals surface area (Å²) >= 11 is 5.73. The molecule has 0 radical (unpaired) electrons. The Morgan fingerprint density at radius 3 is 2.93 bits per heavy atom. The second kappa shape index (κ2) is 3.75. The van der Waals surface area contributed by atoms with Crippen LogP contribution in [0, 0.1) is 5.82 Å². The predicted molar refractivity (Wildman–Crippen MR) is 53.3 cm³/mol. The van der Waals surface area contributed by atoms with Crippen LogP contribution in [0.15, 0.2) is 12.1 Å². The number of aromatic hydroxyl groups is 1. The van der Waals surface area contributed by atoms with Crippen LogP contribution >= 0.6 is 11.6 Å². The lowest BCUT2D eigenvalue weighted by Crippen LogP contribution is -2.08. The fraction of sp³-hybridized carbons (Fsp3) is 0.400. The summed E-state index contributed by atoms with van der Waals surface area (Å²) in [5.74, 6) is -0.396. The van der Waals surface area contributed by atoms with Gasteiger partial charge in [-0.2, -0.15) is 0 Å². The molecule has 4 heteroatoms. The van der Waals surface area contributed by atoms with Crippen molar-refractivity contribution in [2.75, 3.05) is 13.1 Å². The molecule has 1 unspecified atom stereocenters. The first-order chi connectivity index (χ1) is 6.68. The molecule has 1 atom stereocenters. The Bertz CT molecular complexity index is 350. The van der Waals surface area contributed by atoms with Gasteiger partial charge in [0.25, 0.3) is 0 Å². The highest BCUT2D eigenvalue weighted by Crippen LogP contribution is 2.32. The van der Waals surface area contributed by atoms with Crippen LogP contribution in [-0.4, -0.2) is 18.2 Å². The maximum absolute atomic E-state index is 13.4. The lowest BCUT2D eigenvalue weighted by molar-refractivity contribution is 0.467. The lowest BCUT2D eigenvalue weighted by Gasteiger charge is -2.11. The molecule has 14 heavy (non-hydrogen) atoms. The maximum atomic E-state index is 13.4. The Hall–Kier alpha value is -0.800. The topological polar surface area (TPSA) is 32.3 Å². The lowest BCUT2D eigenvalue weighted by atomic mass is 9.98. The predicted octanol–water partition coefficient (Wildman–Crippen LogP) is 2.26. The SMILES string of the molecule is Oc1cc(F)c(C2CCNC2)cc1Cl. The molecule has 0 amide bonds. The summed E-state index contributed by atoms with van der Waals surface area (Å²) in [6, 6.07) is 2.60. The highest BCUT2D eigenvalue weighted by atomic mass is 35.5. The van der Waals surface area contributed by atoms with Crippen LogP contribution in [0.3, 0.4) is 0 Å². The number of hydrogen-bond acceptors (Lipinski definition) is 2. The molecular formula is C10H11ClFNO. The van der Waals surface area contributed by atoms with E-state index in [2.05, 4.69) is 5.32 Å². The molecule has 0 saturated carbocycles. The summed E-state index contributed by atoms with van der Waals surface area (Å²) in [6.07, 6.45) is 0.915. The van der Waals surface area contributed by atoms with E-state index < -0.39 is 0 Å². The molecule has 0 aliphatic carbocycles. The zero-order chi connectivity index (χ0) is 10.1. The second-order valence-electron chi connectivity index (χ2n) is 3.51. The normalized spacial score (nSPS) is 21.4. The van der Waals surface area contributed by atoms with Gasteiger partial charge in [0, 0.05) is 18.5 Å². The highest BCUT2D eigenvalue weighted by molar-refractivity contribution is 6.32. The van der Waals surface area contributed by atoms with E-state index in [1.807, 2.05) is 0 Å². The van der Waals surface area contributed by atoms with Crippen LogP contribution in [0.2, 0.25) is 5.02 Å². The van der Waals surface area contributed by atoms with Crippen LogP contribution in [0.1, 0.15) is 17.9 Å². The average Bonchev–Trinajstić information content (AvgIpc) is 2.64. The van der Waals surface area contributed by atoms with E-state index in [1.54, 1.807) is 0 Å². The molecular weight excluding hydrogens is 205 g/mol. The minimum absolute atomic E-state index is 0.174. The zero-order valence-electron chi connectivity index (χ0n) is 7.56. The number of phenolic OH excluding ortho intramolecular Hbond substituents is 1. The van der Waals surface area contributed by atoms with E-state index >= 15 is 0 Å². The van der Waals surface area contributed by atoms with Crippen molar-refractivity contribution in [2.24, 2.45) is 0 Å². The van der Waals surface area contributed by atoms with Gasteiger partial charge in [-0.05, 0) is 24.6 Å². The molecule has 2 nitrogen and oxygen atoms in total. The van der Waals surface area contributed by atoms with Gasteiger partial charge in [-0.3, -0.25) is 0 Å². The molecule has 2 N–H and O–H groups in total. The second-order valence-corrected chi connectivity index (χ2v) is 3.92. The van der Waals surface area contributed by atoms with Crippen molar-refractivity contribution in [3.8, 4) is 5.75 Å². The summed E-state index contributed by atoms with van der Waals surface area (Å²) in [5.41, 5.74) is 0.595. The molecule has 2 rings (SSSR count). The molecule has 0 aromatic heterocycles. The average molecular weight is 216 g/mol. The van der Waals surface area contributed by atoms with E-state index in [1.165, 1.54) is 6.07 Å². The fourth-order valence-corrected chi connectivity index (χ4v) is 1.96. The smallest absolute Gasteiger partial charge is 0.137 e. The molecule has 76 valence electrons. The van der Waals surface area contributed by atoms with E-state index in [0.717, 1.165) is 25.6 Å². The van der Waals surface area contributed by atoms with Gasteiger partial charge in [-0.1, -0.05) is 11.6 Å². The quantitative estimate of drug-likeness (QED) is 0.753. The van der Waals surface area contributed by atoms with Crippen LogP contribution < -0.4 is 5.32 Å². The van der Waals surface area contributed by atoms with Gasteiger partial charge in [0.05, 0.1) is 5.02 Å². The molecule has 1 aromatic rings. The third-order valence-corrected chi connectivity index (χ3v) is 2.87. The number of phenols is 1. The maximum Gasteiger partial charge on any atom is 0.137 e. The number of rotatable bonds is 1.